The Hall–Kier alpha value is -2.34. The number of nitrogens with zero attached hydrogens (tertiary/aromatic N) is 2. The Kier molecular flexibility index (Phi) is 5.16. The van der Waals surface area contributed by atoms with Gasteiger partial charge in [0.05, 0.1) is 25.3 Å². The number of hydrogen-bond acceptors (Lipinski definition) is 5. The van der Waals surface area contributed by atoms with Crippen molar-refractivity contribution in [1.82, 2.24) is 9.80 Å². The summed E-state index contributed by atoms with van der Waals surface area (Å²) < 4.78 is 11.2. The molecule has 0 radical (unpaired) electrons. The molecule has 0 saturated carbocycles. The highest BCUT2D eigenvalue weighted by molar-refractivity contribution is 6.36. The van der Waals surface area contributed by atoms with Crippen LogP contribution in [0.2, 0.25) is 0 Å². The number of rotatable bonds is 5. The van der Waals surface area contributed by atoms with Crippen LogP contribution in [0.3, 0.4) is 0 Å². The molecule has 0 aromatic heterocycles. The van der Waals surface area contributed by atoms with Crippen molar-refractivity contribution < 1.29 is 19.1 Å². The first kappa shape index (κ1) is 18.0. The number of imide groups is 1. The molecular formula is C21H26N2O4. The topological polar surface area (TPSA) is 59.1 Å². The van der Waals surface area contributed by atoms with Crippen LogP contribution in [0.1, 0.15) is 37.7 Å². The van der Waals surface area contributed by atoms with Crippen molar-refractivity contribution in [2.24, 2.45) is 0 Å². The van der Waals surface area contributed by atoms with Crippen molar-refractivity contribution in [1.29, 1.82) is 0 Å². The number of amides is 2. The van der Waals surface area contributed by atoms with Crippen molar-refractivity contribution in [2.45, 2.75) is 38.2 Å². The molecule has 1 atom stereocenters. The maximum atomic E-state index is 13.3. The lowest BCUT2D eigenvalue weighted by atomic mass is 10.0. The molecule has 144 valence electrons. The van der Waals surface area contributed by atoms with Gasteiger partial charge in [0.1, 0.15) is 11.4 Å². The zero-order valence-corrected chi connectivity index (χ0v) is 15.8. The molecule has 3 heterocycles. The van der Waals surface area contributed by atoms with E-state index in [1.165, 1.54) is 4.90 Å². The van der Waals surface area contributed by atoms with Gasteiger partial charge in [0.25, 0.3) is 11.8 Å². The Morgan fingerprint density at radius 2 is 1.85 bits per heavy atom. The lowest BCUT2D eigenvalue weighted by Crippen LogP contribution is -2.40. The van der Waals surface area contributed by atoms with E-state index in [0.717, 1.165) is 45.2 Å². The number of para-hydroxylation sites is 1. The number of ether oxygens (including phenoxy) is 2. The van der Waals surface area contributed by atoms with E-state index in [4.69, 9.17) is 9.47 Å². The molecular weight excluding hydrogens is 344 g/mol. The molecule has 1 aromatic rings. The molecule has 6 heteroatoms. The minimum absolute atomic E-state index is 0.0578. The van der Waals surface area contributed by atoms with E-state index in [9.17, 15) is 9.59 Å². The zero-order chi connectivity index (χ0) is 18.8. The van der Waals surface area contributed by atoms with Crippen molar-refractivity contribution in [3.63, 3.8) is 0 Å². The van der Waals surface area contributed by atoms with Crippen LogP contribution >= 0.6 is 0 Å². The van der Waals surface area contributed by atoms with Crippen LogP contribution in [-0.4, -0.2) is 61.1 Å². The van der Waals surface area contributed by atoms with Crippen LogP contribution in [0.4, 0.5) is 0 Å². The van der Waals surface area contributed by atoms with Gasteiger partial charge in [-0.1, -0.05) is 18.2 Å². The second kappa shape index (κ2) is 7.72. The standard InChI is InChI=1S/C21H26N2O4/c1-26-17-10-4-3-9-16(17)18-19(22-11-5-2-6-12-22)21(25)23(20(18)24)14-15-8-7-13-27-15/h3-4,9-10,15H,2,5-8,11-14H2,1H3. The Morgan fingerprint density at radius 1 is 1.07 bits per heavy atom. The first-order valence-corrected chi connectivity index (χ1v) is 9.81. The summed E-state index contributed by atoms with van der Waals surface area (Å²) >= 11 is 0. The van der Waals surface area contributed by atoms with Crippen LogP contribution in [0.15, 0.2) is 30.0 Å². The second-order valence-electron chi connectivity index (χ2n) is 7.33. The van der Waals surface area contributed by atoms with Crippen LogP contribution in [0.25, 0.3) is 5.57 Å². The van der Waals surface area contributed by atoms with Gasteiger partial charge in [0, 0.05) is 25.3 Å². The third kappa shape index (κ3) is 3.34. The number of methoxy groups -OCH3 is 1. The summed E-state index contributed by atoms with van der Waals surface area (Å²) in [4.78, 5) is 30.1. The van der Waals surface area contributed by atoms with E-state index in [0.29, 0.717) is 35.7 Å². The highest BCUT2D eigenvalue weighted by Gasteiger charge is 2.43. The summed E-state index contributed by atoms with van der Waals surface area (Å²) in [5.41, 5.74) is 1.69. The van der Waals surface area contributed by atoms with Gasteiger partial charge in [-0.2, -0.15) is 0 Å². The Bertz CT molecular complexity index is 761. The molecule has 1 unspecified atom stereocenters. The molecule has 2 saturated heterocycles. The van der Waals surface area contributed by atoms with Gasteiger partial charge in [0.2, 0.25) is 0 Å². The molecule has 3 aliphatic rings. The molecule has 3 aliphatic heterocycles. The third-order valence-corrected chi connectivity index (χ3v) is 5.60. The monoisotopic (exact) mass is 370 g/mol. The molecule has 0 bridgehead atoms. The van der Waals surface area contributed by atoms with Crippen molar-refractivity contribution in [3.8, 4) is 5.75 Å². The molecule has 2 fully saturated rings. The largest absolute Gasteiger partial charge is 0.496 e. The van der Waals surface area contributed by atoms with Crippen molar-refractivity contribution >= 4 is 17.4 Å². The fourth-order valence-corrected chi connectivity index (χ4v) is 4.23. The first-order valence-electron chi connectivity index (χ1n) is 9.81. The summed E-state index contributed by atoms with van der Waals surface area (Å²) in [5.74, 6) is 0.181. The fraction of sp³-hybridized carbons (Fsp3) is 0.524. The second-order valence-corrected chi connectivity index (χ2v) is 7.33. The van der Waals surface area contributed by atoms with Crippen molar-refractivity contribution in [2.75, 3.05) is 33.4 Å². The van der Waals surface area contributed by atoms with E-state index >= 15 is 0 Å². The van der Waals surface area contributed by atoms with Crippen LogP contribution in [0.5, 0.6) is 5.75 Å². The maximum absolute atomic E-state index is 13.3. The normalized spacial score (nSPS) is 23.5. The lowest BCUT2D eigenvalue weighted by molar-refractivity contribution is -0.139. The van der Waals surface area contributed by atoms with Crippen molar-refractivity contribution in [3.05, 3.63) is 35.5 Å². The summed E-state index contributed by atoms with van der Waals surface area (Å²) in [7, 11) is 1.59. The lowest BCUT2D eigenvalue weighted by Gasteiger charge is -2.30. The predicted molar refractivity (Wildman–Crippen MR) is 101 cm³/mol. The first-order chi connectivity index (χ1) is 13.2. The van der Waals surface area contributed by atoms with Gasteiger partial charge in [-0.25, -0.2) is 0 Å². The Morgan fingerprint density at radius 3 is 2.56 bits per heavy atom. The van der Waals surface area contributed by atoms with E-state index in [2.05, 4.69) is 4.90 Å². The van der Waals surface area contributed by atoms with Gasteiger partial charge in [-0.3, -0.25) is 14.5 Å². The molecule has 2 amide bonds. The van der Waals surface area contributed by atoms with Crippen LogP contribution in [-0.2, 0) is 14.3 Å². The van der Waals surface area contributed by atoms with Gasteiger partial charge >= 0.3 is 0 Å². The molecule has 0 spiro atoms. The minimum atomic E-state index is -0.236. The van der Waals surface area contributed by atoms with Gasteiger partial charge in [-0.15, -0.1) is 0 Å². The molecule has 4 rings (SSSR count). The predicted octanol–water partition coefficient (Wildman–Crippen LogP) is 2.44. The van der Waals surface area contributed by atoms with Gasteiger partial charge in [0.15, 0.2) is 0 Å². The third-order valence-electron chi connectivity index (χ3n) is 5.60. The number of likely N-dealkylation sites (tertiary alicyclic amines) is 1. The maximum Gasteiger partial charge on any atom is 0.277 e. The smallest absolute Gasteiger partial charge is 0.277 e. The number of carbonyl (C=O) groups excluding carboxylic acids is 2. The molecule has 0 aliphatic carbocycles. The van der Waals surface area contributed by atoms with Crippen LogP contribution in [0, 0.1) is 0 Å². The molecule has 27 heavy (non-hydrogen) atoms. The number of hydrogen-bond donors (Lipinski definition) is 0. The quantitative estimate of drug-likeness (QED) is 0.745. The van der Waals surface area contributed by atoms with E-state index < -0.39 is 0 Å². The molecule has 6 nitrogen and oxygen atoms in total. The molecule has 0 N–H and O–H groups in total. The number of benzene rings is 1. The highest BCUT2D eigenvalue weighted by Crippen LogP contribution is 2.37. The molecule has 1 aromatic carbocycles. The summed E-state index contributed by atoms with van der Waals surface area (Å²) in [6, 6.07) is 7.43. The summed E-state index contributed by atoms with van der Waals surface area (Å²) in [6.45, 7) is 2.64. The van der Waals surface area contributed by atoms with E-state index in [1.54, 1.807) is 7.11 Å². The number of piperidine rings is 1. The van der Waals surface area contributed by atoms with Gasteiger partial charge < -0.3 is 14.4 Å². The summed E-state index contributed by atoms with van der Waals surface area (Å²) in [6.07, 6.45) is 5.05. The van der Waals surface area contributed by atoms with Gasteiger partial charge in [-0.05, 0) is 38.2 Å². The Balaban J connectivity index is 1.74. The fourth-order valence-electron chi connectivity index (χ4n) is 4.23. The Labute approximate surface area is 159 Å². The van der Waals surface area contributed by atoms with E-state index in [1.807, 2.05) is 24.3 Å². The average molecular weight is 370 g/mol. The minimum Gasteiger partial charge on any atom is -0.496 e. The summed E-state index contributed by atoms with van der Waals surface area (Å²) in [5, 5.41) is 0. The van der Waals surface area contributed by atoms with Crippen LogP contribution < -0.4 is 4.74 Å². The average Bonchev–Trinajstić information content (AvgIpc) is 3.31. The zero-order valence-electron chi connectivity index (χ0n) is 15.8. The SMILES string of the molecule is COc1ccccc1C1=C(N2CCCCC2)C(=O)N(CC2CCCO2)C1=O. The highest BCUT2D eigenvalue weighted by atomic mass is 16.5. The number of carbonyl (C=O) groups is 2. The van der Waals surface area contributed by atoms with E-state index in [-0.39, 0.29) is 17.9 Å².